The van der Waals surface area contributed by atoms with E-state index < -0.39 is 6.10 Å². The lowest BCUT2D eigenvalue weighted by Gasteiger charge is -2.27. The summed E-state index contributed by atoms with van der Waals surface area (Å²) in [6.45, 7) is 5.33. The molecule has 0 aliphatic carbocycles. The maximum absolute atomic E-state index is 13.0. The molecular formula is C19H25N3O2. The van der Waals surface area contributed by atoms with Gasteiger partial charge in [0.1, 0.15) is 5.69 Å². The molecular weight excluding hydrogens is 302 g/mol. The number of carbonyl (C=O) groups is 1. The first kappa shape index (κ1) is 16.7. The Morgan fingerprint density at radius 3 is 2.83 bits per heavy atom. The normalized spacial score (nSPS) is 18.8. The zero-order valence-corrected chi connectivity index (χ0v) is 14.4. The molecule has 0 saturated carbocycles. The van der Waals surface area contributed by atoms with Crippen molar-refractivity contribution in [2.75, 3.05) is 6.54 Å². The van der Waals surface area contributed by atoms with Crippen molar-refractivity contribution in [1.82, 2.24) is 14.7 Å². The summed E-state index contributed by atoms with van der Waals surface area (Å²) in [6.07, 6.45) is 1.96. The van der Waals surface area contributed by atoms with Gasteiger partial charge in [0.15, 0.2) is 0 Å². The van der Waals surface area contributed by atoms with Gasteiger partial charge < -0.3 is 10.0 Å². The summed E-state index contributed by atoms with van der Waals surface area (Å²) in [5, 5.41) is 14.9. The van der Waals surface area contributed by atoms with Gasteiger partial charge in [-0.2, -0.15) is 5.10 Å². The highest BCUT2D eigenvalue weighted by Gasteiger charge is 2.32. The van der Waals surface area contributed by atoms with Crippen LogP contribution in [0.4, 0.5) is 0 Å². The van der Waals surface area contributed by atoms with Crippen molar-refractivity contribution >= 4 is 5.91 Å². The van der Waals surface area contributed by atoms with Crippen LogP contribution in [0.25, 0.3) is 0 Å². The number of aliphatic hydroxyl groups is 1. The molecule has 2 unspecified atom stereocenters. The van der Waals surface area contributed by atoms with Crippen LogP contribution in [0, 0.1) is 6.92 Å². The summed E-state index contributed by atoms with van der Waals surface area (Å²) < 4.78 is 1.76. The maximum atomic E-state index is 13.0. The Balaban J connectivity index is 1.74. The molecule has 5 nitrogen and oxygen atoms in total. The van der Waals surface area contributed by atoms with Gasteiger partial charge in [0.25, 0.3) is 5.91 Å². The minimum atomic E-state index is -0.539. The largest absolute Gasteiger partial charge is 0.388 e. The lowest BCUT2D eigenvalue weighted by molar-refractivity contribution is 0.0655. The van der Waals surface area contributed by atoms with E-state index in [1.54, 1.807) is 4.68 Å². The van der Waals surface area contributed by atoms with E-state index in [1.165, 1.54) is 0 Å². The Hall–Kier alpha value is -2.14. The van der Waals surface area contributed by atoms with Crippen LogP contribution in [0.1, 0.15) is 54.0 Å². The Morgan fingerprint density at radius 2 is 2.12 bits per heavy atom. The highest BCUT2D eigenvalue weighted by molar-refractivity contribution is 5.93. The second-order valence-corrected chi connectivity index (χ2v) is 6.44. The first-order chi connectivity index (χ1) is 11.6. The predicted octanol–water partition coefficient (Wildman–Crippen LogP) is 2.94. The van der Waals surface area contributed by atoms with Crippen LogP contribution in [-0.4, -0.2) is 38.3 Å². The number of amides is 1. The molecule has 1 aliphatic heterocycles. The van der Waals surface area contributed by atoms with E-state index in [0.29, 0.717) is 18.7 Å². The lowest BCUT2D eigenvalue weighted by atomic mass is 10.0. The quantitative estimate of drug-likeness (QED) is 0.918. The Bertz CT molecular complexity index is 696. The summed E-state index contributed by atoms with van der Waals surface area (Å²) in [5.41, 5.74) is 2.42. The number of hydrogen-bond donors (Lipinski definition) is 1. The third-order valence-corrected chi connectivity index (χ3v) is 4.74. The highest BCUT2D eigenvalue weighted by atomic mass is 16.3. The fourth-order valence-electron chi connectivity index (χ4n) is 3.52. The van der Waals surface area contributed by atoms with Crippen LogP contribution in [0.5, 0.6) is 0 Å². The molecule has 1 aromatic carbocycles. The Morgan fingerprint density at radius 1 is 1.38 bits per heavy atom. The van der Waals surface area contributed by atoms with E-state index in [9.17, 15) is 9.90 Å². The molecule has 2 heterocycles. The van der Waals surface area contributed by atoms with Crippen molar-refractivity contribution in [3.05, 3.63) is 53.3 Å². The fraction of sp³-hybridized carbons (Fsp3) is 0.474. The molecule has 0 radical (unpaired) electrons. The lowest BCUT2D eigenvalue weighted by Crippen LogP contribution is -2.37. The molecule has 2 atom stereocenters. The smallest absolute Gasteiger partial charge is 0.272 e. The number of rotatable bonds is 5. The first-order valence-electron chi connectivity index (χ1n) is 8.68. The van der Waals surface area contributed by atoms with Crippen LogP contribution in [0.15, 0.2) is 36.4 Å². The fourth-order valence-corrected chi connectivity index (χ4v) is 3.52. The molecule has 5 heteroatoms. The molecule has 24 heavy (non-hydrogen) atoms. The molecule has 128 valence electrons. The van der Waals surface area contributed by atoms with Gasteiger partial charge in [-0.1, -0.05) is 30.3 Å². The standard InChI is InChI=1S/C19H25N3O2/c1-3-22-17(12-14(2)20-22)19(24)21-11-7-10-16(21)13-18(23)15-8-5-4-6-9-15/h4-6,8-9,12,16,18,23H,3,7,10-11,13H2,1-2H3. The molecule has 1 amide bonds. The first-order valence-corrected chi connectivity index (χ1v) is 8.68. The molecule has 2 aromatic rings. The minimum Gasteiger partial charge on any atom is -0.388 e. The van der Waals surface area contributed by atoms with Crippen molar-refractivity contribution in [2.45, 2.75) is 51.8 Å². The SMILES string of the molecule is CCn1nc(C)cc1C(=O)N1CCCC1CC(O)c1ccccc1. The third kappa shape index (κ3) is 3.36. The summed E-state index contributed by atoms with van der Waals surface area (Å²) in [6, 6.07) is 11.6. The van der Waals surface area contributed by atoms with E-state index in [2.05, 4.69) is 5.10 Å². The summed E-state index contributed by atoms with van der Waals surface area (Å²) in [7, 11) is 0. The summed E-state index contributed by atoms with van der Waals surface area (Å²) >= 11 is 0. The average Bonchev–Trinajstić information content (AvgIpc) is 3.21. The van der Waals surface area contributed by atoms with E-state index in [-0.39, 0.29) is 11.9 Å². The zero-order chi connectivity index (χ0) is 17.1. The summed E-state index contributed by atoms with van der Waals surface area (Å²) in [4.78, 5) is 14.9. The second-order valence-electron chi connectivity index (χ2n) is 6.44. The number of likely N-dealkylation sites (tertiary alicyclic amines) is 1. The minimum absolute atomic E-state index is 0.0280. The van der Waals surface area contributed by atoms with Crippen molar-refractivity contribution in [1.29, 1.82) is 0 Å². The second kappa shape index (κ2) is 7.18. The molecule has 1 aromatic heterocycles. The van der Waals surface area contributed by atoms with E-state index >= 15 is 0 Å². The predicted molar refractivity (Wildman–Crippen MR) is 92.7 cm³/mol. The average molecular weight is 327 g/mol. The van der Waals surface area contributed by atoms with Crippen molar-refractivity contribution in [2.24, 2.45) is 0 Å². The maximum Gasteiger partial charge on any atom is 0.272 e. The number of benzene rings is 1. The number of nitrogens with zero attached hydrogens (tertiary/aromatic N) is 3. The zero-order valence-electron chi connectivity index (χ0n) is 14.4. The van der Waals surface area contributed by atoms with Crippen molar-refractivity contribution in [3.63, 3.8) is 0 Å². The van der Waals surface area contributed by atoms with Gasteiger partial charge in [-0.15, -0.1) is 0 Å². The van der Waals surface area contributed by atoms with Crippen LogP contribution in [0.3, 0.4) is 0 Å². The molecule has 1 saturated heterocycles. The summed E-state index contributed by atoms with van der Waals surface area (Å²) in [5.74, 6) is 0.0280. The molecule has 1 N–H and O–H groups in total. The molecule has 1 fully saturated rings. The molecule has 1 aliphatic rings. The van der Waals surface area contributed by atoms with Gasteiger partial charge in [-0.05, 0) is 44.7 Å². The van der Waals surface area contributed by atoms with Crippen molar-refractivity contribution < 1.29 is 9.90 Å². The molecule has 3 rings (SSSR count). The number of hydrogen-bond acceptors (Lipinski definition) is 3. The number of aliphatic hydroxyl groups excluding tert-OH is 1. The van der Waals surface area contributed by atoms with Crippen LogP contribution >= 0.6 is 0 Å². The van der Waals surface area contributed by atoms with Gasteiger partial charge in [-0.25, -0.2) is 0 Å². The topological polar surface area (TPSA) is 58.4 Å². The monoisotopic (exact) mass is 327 g/mol. The van der Waals surface area contributed by atoms with Gasteiger partial charge in [0.05, 0.1) is 11.8 Å². The highest BCUT2D eigenvalue weighted by Crippen LogP contribution is 2.28. The van der Waals surface area contributed by atoms with E-state index in [0.717, 1.165) is 30.6 Å². The van der Waals surface area contributed by atoms with Crippen molar-refractivity contribution in [3.8, 4) is 0 Å². The number of aryl methyl sites for hydroxylation is 2. The Labute approximate surface area is 142 Å². The van der Waals surface area contributed by atoms with E-state index in [4.69, 9.17) is 0 Å². The van der Waals surface area contributed by atoms with Gasteiger partial charge in [-0.3, -0.25) is 9.48 Å². The van der Waals surface area contributed by atoms with Gasteiger partial charge in [0, 0.05) is 19.1 Å². The van der Waals surface area contributed by atoms with Gasteiger partial charge >= 0.3 is 0 Å². The van der Waals surface area contributed by atoms with Crippen LogP contribution < -0.4 is 0 Å². The molecule has 0 bridgehead atoms. The van der Waals surface area contributed by atoms with Crippen LogP contribution in [0.2, 0.25) is 0 Å². The van der Waals surface area contributed by atoms with Crippen LogP contribution in [-0.2, 0) is 6.54 Å². The number of carbonyl (C=O) groups excluding carboxylic acids is 1. The molecule has 0 spiro atoms. The van der Waals surface area contributed by atoms with Gasteiger partial charge in [0.2, 0.25) is 0 Å². The Kier molecular flexibility index (Phi) is 5.00. The van der Waals surface area contributed by atoms with E-state index in [1.807, 2.05) is 55.1 Å². The number of aromatic nitrogens is 2. The third-order valence-electron chi connectivity index (χ3n) is 4.74.